The Morgan fingerprint density at radius 1 is 1.32 bits per heavy atom. The smallest absolute Gasteiger partial charge is 0.358 e. The first-order valence-corrected chi connectivity index (χ1v) is 7.56. The van der Waals surface area contributed by atoms with Gasteiger partial charge < -0.3 is 34.3 Å². The van der Waals surface area contributed by atoms with Gasteiger partial charge in [0.15, 0.2) is 12.4 Å². The van der Waals surface area contributed by atoms with Crippen molar-refractivity contribution in [1.29, 1.82) is 0 Å². The lowest BCUT2D eigenvalue weighted by molar-refractivity contribution is -0.384. The molecule has 1 aliphatic heterocycles. The highest BCUT2D eigenvalue weighted by atomic mass is 32.1. The number of aliphatic hydroxyl groups is 3. The van der Waals surface area contributed by atoms with Gasteiger partial charge in [-0.1, -0.05) is 0 Å². The van der Waals surface area contributed by atoms with Crippen LogP contribution >= 0.6 is 12.2 Å². The Hall–Kier alpha value is -1.89. The molecule has 0 unspecified atom stereocenters. The van der Waals surface area contributed by atoms with Crippen molar-refractivity contribution in [2.24, 2.45) is 0 Å². The Balaban J connectivity index is 2.03. The van der Waals surface area contributed by atoms with Gasteiger partial charge in [0.2, 0.25) is 0 Å². The topological polar surface area (TPSA) is 141 Å². The molecule has 0 aliphatic carbocycles. The van der Waals surface area contributed by atoms with Gasteiger partial charge in [0, 0.05) is 31.5 Å². The number of non-ortho nitro benzene ring substituents is 1. The summed E-state index contributed by atoms with van der Waals surface area (Å²) in [6.45, 7) is -0.524. The molecule has 1 aliphatic rings. The average molecular weight is 375 g/mol. The molecule has 0 saturated carbocycles. The molecule has 2 rings (SSSR count). The highest BCUT2D eigenvalue weighted by Crippen LogP contribution is 2.25. The van der Waals surface area contributed by atoms with Gasteiger partial charge in [-0.05, 0) is 12.1 Å². The zero-order valence-corrected chi connectivity index (χ0v) is 13.9. The molecule has 5 atom stereocenters. The van der Waals surface area contributed by atoms with Crippen LogP contribution in [0.1, 0.15) is 0 Å². The quantitative estimate of drug-likeness (QED) is 0.358. The Morgan fingerprint density at radius 3 is 2.48 bits per heavy atom. The van der Waals surface area contributed by atoms with E-state index in [-0.39, 0.29) is 11.4 Å². The fourth-order valence-corrected chi connectivity index (χ4v) is 2.46. The minimum atomic E-state index is -1.39. The second kappa shape index (κ2) is 8.47. The fourth-order valence-electron chi connectivity index (χ4n) is 2.25. The molecule has 0 radical (unpaired) electrons. The van der Waals surface area contributed by atoms with E-state index in [1.807, 2.05) is 0 Å². The number of nitro benzene ring substituents is 1. The van der Waals surface area contributed by atoms with E-state index in [0.717, 1.165) is 0 Å². The first-order valence-electron chi connectivity index (χ1n) is 7.15. The van der Waals surface area contributed by atoms with Gasteiger partial charge in [0.1, 0.15) is 24.1 Å². The third-order valence-corrected chi connectivity index (χ3v) is 3.71. The largest absolute Gasteiger partial charge is 0.447 e. The van der Waals surface area contributed by atoms with Crippen LogP contribution in [0.5, 0.6) is 5.75 Å². The highest BCUT2D eigenvalue weighted by molar-refractivity contribution is 7.79. The van der Waals surface area contributed by atoms with Crippen molar-refractivity contribution in [3.8, 4) is 5.75 Å². The summed E-state index contributed by atoms with van der Waals surface area (Å²) in [5.74, 6) is 0.175. The summed E-state index contributed by atoms with van der Waals surface area (Å²) in [5.41, 5.74) is -0.122. The molecule has 0 bridgehead atoms. The second-order valence-electron chi connectivity index (χ2n) is 5.13. The second-order valence-corrected chi connectivity index (χ2v) is 5.46. The number of methoxy groups -OCH3 is 1. The van der Waals surface area contributed by atoms with Gasteiger partial charge in [0.25, 0.3) is 5.69 Å². The Labute approximate surface area is 147 Å². The molecule has 1 aromatic rings. The van der Waals surface area contributed by atoms with Crippen molar-refractivity contribution in [2.45, 2.75) is 30.7 Å². The minimum absolute atomic E-state index is 0.122. The van der Waals surface area contributed by atoms with Crippen LogP contribution in [-0.2, 0) is 14.2 Å². The molecule has 10 nitrogen and oxygen atoms in total. The average Bonchev–Trinajstić information content (AvgIpc) is 2.59. The summed E-state index contributed by atoms with van der Waals surface area (Å²) in [4.78, 5) is 10.0. The van der Waals surface area contributed by atoms with E-state index in [9.17, 15) is 25.4 Å². The molecule has 1 aromatic carbocycles. The summed E-state index contributed by atoms with van der Waals surface area (Å²) in [7, 11) is 1.28. The predicted molar refractivity (Wildman–Crippen MR) is 86.0 cm³/mol. The van der Waals surface area contributed by atoms with Crippen LogP contribution in [-0.4, -0.2) is 69.9 Å². The number of nitro groups is 1. The lowest BCUT2D eigenvalue weighted by Gasteiger charge is -2.40. The molecule has 1 saturated heterocycles. The van der Waals surface area contributed by atoms with Gasteiger partial charge in [-0.3, -0.25) is 10.1 Å². The van der Waals surface area contributed by atoms with Crippen LogP contribution in [0, 0.1) is 10.1 Å². The van der Waals surface area contributed by atoms with Crippen molar-refractivity contribution in [1.82, 2.24) is 0 Å². The zero-order valence-electron chi connectivity index (χ0n) is 13.0. The number of aliphatic hydroxyl groups excluding tert-OH is 3. The van der Waals surface area contributed by atoms with E-state index < -0.39 is 47.5 Å². The lowest BCUT2D eigenvalue weighted by Crippen LogP contribution is -2.60. The molecule has 11 heteroatoms. The predicted octanol–water partition coefficient (Wildman–Crippen LogP) is -0.271. The number of nitrogens with zero attached hydrogens (tertiary/aromatic N) is 1. The van der Waals surface area contributed by atoms with Gasteiger partial charge in [-0.2, -0.15) is 0 Å². The molecule has 0 aromatic heterocycles. The molecule has 0 spiro atoms. The Morgan fingerprint density at radius 2 is 1.96 bits per heavy atom. The number of rotatable bonds is 5. The normalized spacial score (nSPS) is 29.0. The molecule has 25 heavy (non-hydrogen) atoms. The van der Waals surface area contributed by atoms with E-state index in [1.165, 1.54) is 31.4 Å². The van der Waals surface area contributed by atoms with Crippen molar-refractivity contribution >= 4 is 23.1 Å². The van der Waals surface area contributed by atoms with E-state index >= 15 is 0 Å². The third kappa shape index (κ3) is 4.60. The number of hydrogen-bond donors (Lipinski definition) is 3. The molecular weight excluding hydrogens is 358 g/mol. The van der Waals surface area contributed by atoms with Crippen LogP contribution in [0.4, 0.5) is 5.69 Å². The molecule has 1 heterocycles. The van der Waals surface area contributed by atoms with Gasteiger partial charge in [-0.15, -0.1) is 0 Å². The summed E-state index contributed by atoms with van der Waals surface area (Å²) in [6.07, 6.45) is -6.21. The molecule has 3 N–H and O–H groups in total. The van der Waals surface area contributed by atoms with Crippen molar-refractivity contribution in [3.63, 3.8) is 0 Å². The molecular formula is C14H17NO9S. The number of benzene rings is 1. The van der Waals surface area contributed by atoms with Gasteiger partial charge in [0.05, 0.1) is 11.5 Å². The fraction of sp³-hybridized carbons (Fsp3) is 0.500. The van der Waals surface area contributed by atoms with Crippen molar-refractivity contribution in [3.05, 3.63) is 34.4 Å². The SMILES string of the molecule is CO[C@H]1O[C@H](CO)[C@@H](O)[C@H](OC(=S)Oc2ccc([N+](=O)[O-])cc2)[C@@H]1O. The highest BCUT2D eigenvalue weighted by Gasteiger charge is 2.46. The van der Waals surface area contributed by atoms with Crippen LogP contribution in [0.3, 0.4) is 0 Å². The first kappa shape index (κ1) is 19.4. The van der Waals surface area contributed by atoms with Gasteiger partial charge >= 0.3 is 5.24 Å². The maximum absolute atomic E-state index is 10.6. The Bertz CT molecular complexity index is 595. The monoisotopic (exact) mass is 375 g/mol. The van der Waals surface area contributed by atoms with E-state index in [0.29, 0.717) is 0 Å². The maximum Gasteiger partial charge on any atom is 0.358 e. The van der Waals surface area contributed by atoms with Crippen LogP contribution in [0.2, 0.25) is 0 Å². The molecule has 0 amide bonds. The summed E-state index contributed by atoms with van der Waals surface area (Å²) < 4.78 is 20.6. The zero-order chi connectivity index (χ0) is 18.6. The first-order chi connectivity index (χ1) is 11.9. The van der Waals surface area contributed by atoms with Gasteiger partial charge in [-0.25, -0.2) is 0 Å². The number of ether oxygens (including phenoxy) is 4. The van der Waals surface area contributed by atoms with E-state index in [4.69, 9.17) is 31.2 Å². The van der Waals surface area contributed by atoms with Crippen molar-refractivity contribution < 1.29 is 39.2 Å². The number of thiocarbonyl (C=S) groups is 1. The minimum Gasteiger partial charge on any atom is -0.447 e. The maximum atomic E-state index is 10.6. The lowest BCUT2D eigenvalue weighted by atomic mass is 9.99. The van der Waals surface area contributed by atoms with Crippen LogP contribution in [0.25, 0.3) is 0 Å². The third-order valence-electron chi connectivity index (χ3n) is 3.54. The van der Waals surface area contributed by atoms with Crippen LogP contribution in [0.15, 0.2) is 24.3 Å². The summed E-state index contributed by atoms with van der Waals surface area (Å²) in [6, 6.07) is 5.08. The van der Waals surface area contributed by atoms with E-state index in [1.54, 1.807) is 0 Å². The van der Waals surface area contributed by atoms with Crippen molar-refractivity contribution in [2.75, 3.05) is 13.7 Å². The molecule has 1 fully saturated rings. The number of hydrogen-bond acceptors (Lipinski definition) is 10. The molecule has 138 valence electrons. The summed E-state index contributed by atoms with van der Waals surface area (Å²) >= 11 is 4.91. The standard InChI is InChI=1S/C14H17NO9S/c1-21-13-11(18)12(10(17)9(6-16)23-13)24-14(25)22-8-4-2-7(3-5-8)15(19)20/h2-5,9-13,16-18H,6H2,1H3/t9-,10-,11+,12+,13+/m1/s1. The Kier molecular flexibility index (Phi) is 6.58. The van der Waals surface area contributed by atoms with E-state index in [2.05, 4.69) is 0 Å². The van der Waals surface area contributed by atoms with Crippen LogP contribution < -0.4 is 4.74 Å². The summed E-state index contributed by atoms with van der Waals surface area (Å²) in [5, 5.41) is 39.6.